The maximum atomic E-state index is 13.4. The van der Waals surface area contributed by atoms with Crippen LogP contribution in [0.4, 0.5) is 10.3 Å². The molecule has 0 aliphatic carbocycles. The lowest BCUT2D eigenvalue weighted by atomic mass is 10.1. The van der Waals surface area contributed by atoms with Gasteiger partial charge in [0.1, 0.15) is 5.82 Å². The third-order valence-electron chi connectivity index (χ3n) is 7.24. The molecule has 0 amide bonds. The minimum atomic E-state index is -0.219. The van der Waals surface area contributed by atoms with Crippen LogP contribution in [0, 0.1) is 5.82 Å². The molecule has 7 nitrogen and oxygen atoms in total. The van der Waals surface area contributed by atoms with Crippen molar-refractivity contribution >= 4 is 41.0 Å². The van der Waals surface area contributed by atoms with Crippen LogP contribution in [-0.4, -0.2) is 51.8 Å². The number of hydrogen-bond acceptors (Lipinski definition) is 6. The van der Waals surface area contributed by atoms with E-state index in [1.54, 1.807) is 0 Å². The summed E-state index contributed by atoms with van der Waals surface area (Å²) in [5.74, 6) is 0.655. The summed E-state index contributed by atoms with van der Waals surface area (Å²) in [5, 5.41) is 8.43. The Kier molecular flexibility index (Phi) is 7.18. The van der Waals surface area contributed by atoms with Gasteiger partial charge in [0.05, 0.1) is 17.6 Å². The first kappa shape index (κ1) is 24.7. The number of nitrogens with one attached hydrogen (secondary N) is 3. The number of imidazole rings is 1. The number of anilines is 1. The molecule has 1 aromatic heterocycles. The van der Waals surface area contributed by atoms with Gasteiger partial charge in [-0.2, -0.15) is 0 Å². The van der Waals surface area contributed by atoms with Gasteiger partial charge < -0.3 is 14.8 Å². The van der Waals surface area contributed by atoms with E-state index in [1.165, 1.54) is 12.1 Å². The van der Waals surface area contributed by atoms with Gasteiger partial charge in [0.15, 0.2) is 0 Å². The molecule has 3 N–H and O–H groups in total. The molecule has 4 aromatic rings. The molecule has 3 aromatic carbocycles. The minimum absolute atomic E-state index is 0.219. The van der Waals surface area contributed by atoms with E-state index in [0.29, 0.717) is 12.6 Å². The van der Waals surface area contributed by atoms with Gasteiger partial charge in [-0.05, 0) is 48.7 Å². The molecule has 0 bridgehead atoms. The number of likely N-dealkylation sites (tertiary alicyclic amines) is 1. The zero-order valence-electron chi connectivity index (χ0n) is 21.1. The number of para-hydroxylation sites is 2. The van der Waals surface area contributed by atoms with Crippen LogP contribution in [0.25, 0.3) is 23.4 Å². The highest BCUT2D eigenvalue weighted by Gasteiger charge is 2.21. The van der Waals surface area contributed by atoms with E-state index in [0.717, 1.165) is 77.0 Å². The summed E-state index contributed by atoms with van der Waals surface area (Å²) in [7, 11) is 0. The molecule has 0 saturated carbocycles. The predicted molar refractivity (Wildman–Crippen MR) is 151 cm³/mol. The van der Waals surface area contributed by atoms with Crippen molar-refractivity contribution in [3.63, 3.8) is 0 Å². The van der Waals surface area contributed by atoms with Crippen molar-refractivity contribution < 1.29 is 4.39 Å². The summed E-state index contributed by atoms with van der Waals surface area (Å²) in [6.45, 7) is 4.49. The highest BCUT2D eigenvalue weighted by molar-refractivity contribution is 6.30. The Balaban J connectivity index is 1.03. The van der Waals surface area contributed by atoms with E-state index in [9.17, 15) is 4.39 Å². The van der Waals surface area contributed by atoms with Crippen LogP contribution in [0.1, 0.15) is 18.4 Å². The predicted octanol–water partition coefficient (Wildman–Crippen LogP) is 3.25. The molecule has 0 spiro atoms. The van der Waals surface area contributed by atoms with Crippen LogP contribution >= 0.6 is 11.6 Å². The Hall–Kier alpha value is -3.59. The van der Waals surface area contributed by atoms with Crippen molar-refractivity contribution in [3.8, 4) is 0 Å². The van der Waals surface area contributed by atoms with Crippen LogP contribution in [0.3, 0.4) is 0 Å². The van der Waals surface area contributed by atoms with Crippen molar-refractivity contribution in [3.05, 3.63) is 93.6 Å². The third-order valence-corrected chi connectivity index (χ3v) is 7.57. The van der Waals surface area contributed by atoms with Crippen LogP contribution in [0.15, 0.2) is 66.7 Å². The Morgan fingerprint density at radius 3 is 2.66 bits per heavy atom. The topological polar surface area (TPSA) is 60.4 Å². The second-order valence-electron chi connectivity index (χ2n) is 9.82. The van der Waals surface area contributed by atoms with Crippen molar-refractivity contribution in [2.75, 3.05) is 31.5 Å². The van der Waals surface area contributed by atoms with E-state index in [4.69, 9.17) is 16.6 Å². The molecule has 0 radical (unpaired) electrons. The molecule has 196 valence electrons. The highest BCUT2D eigenvalue weighted by atomic mass is 35.5. The molecule has 1 saturated heterocycles. The lowest BCUT2D eigenvalue weighted by Crippen LogP contribution is -2.51. The molecule has 6 rings (SSSR count). The number of fused-ring (bicyclic) bond motifs is 2. The van der Waals surface area contributed by atoms with E-state index < -0.39 is 0 Å². The fourth-order valence-corrected chi connectivity index (χ4v) is 5.39. The van der Waals surface area contributed by atoms with Crippen LogP contribution in [-0.2, 0) is 6.54 Å². The fraction of sp³-hybridized carbons (Fsp3) is 0.276. The van der Waals surface area contributed by atoms with Gasteiger partial charge in [-0.15, -0.1) is 0 Å². The van der Waals surface area contributed by atoms with E-state index in [-0.39, 0.29) is 5.82 Å². The van der Waals surface area contributed by atoms with Crippen LogP contribution < -0.4 is 26.6 Å². The van der Waals surface area contributed by atoms with Crippen molar-refractivity contribution in [2.24, 2.45) is 0 Å². The molecule has 2 aliphatic heterocycles. The zero-order valence-corrected chi connectivity index (χ0v) is 21.8. The summed E-state index contributed by atoms with van der Waals surface area (Å²) < 4.78 is 15.6. The molecule has 3 heterocycles. The zero-order chi connectivity index (χ0) is 25.9. The summed E-state index contributed by atoms with van der Waals surface area (Å²) in [4.78, 5) is 7.38. The van der Waals surface area contributed by atoms with Crippen molar-refractivity contribution in [1.82, 2.24) is 30.4 Å². The summed E-state index contributed by atoms with van der Waals surface area (Å²) in [5.41, 5.74) is 9.74. The monoisotopic (exact) mass is 531 g/mol. The minimum Gasteiger partial charge on any atom is -0.353 e. The van der Waals surface area contributed by atoms with Gasteiger partial charge in [-0.3, -0.25) is 5.43 Å². The average Bonchev–Trinajstić information content (AvgIpc) is 3.27. The number of rotatable bonds is 8. The third kappa shape index (κ3) is 5.48. The molecule has 2 aliphatic rings. The van der Waals surface area contributed by atoms with Gasteiger partial charge in [-0.1, -0.05) is 48.0 Å². The number of piperidine rings is 1. The number of benzene rings is 3. The van der Waals surface area contributed by atoms with E-state index in [1.807, 2.05) is 60.0 Å². The Morgan fingerprint density at radius 1 is 1.00 bits per heavy atom. The molecule has 38 heavy (non-hydrogen) atoms. The molecular weight excluding hydrogens is 501 g/mol. The van der Waals surface area contributed by atoms with Crippen LogP contribution in [0.2, 0.25) is 5.02 Å². The summed E-state index contributed by atoms with van der Waals surface area (Å²) in [6, 6.07) is 21.1. The number of halogens is 2. The first-order valence-corrected chi connectivity index (χ1v) is 13.4. The number of hydrazine groups is 2. The van der Waals surface area contributed by atoms with Gasteiger partial charge in [0, 0.05) is 60.1 Å². The van der Waals surface area contributed by atoms with Gasteiger partial charge in [0.2, 0.25) is 5.95 Å². The molecule has 9 heteroatoms. The Labute approximate surface area is 226 Å². The Morgan fingerprint density at radius 2 is 1.82 bits per heavy atom. The van der Waals surface area contributed by atoms with Gasteiger partial charge in [0.25, 0.3) is 0 Å². The first-order chi connectivity index (χ1) is 18.6. The van der Waals surface area contributed by atoms with Gasteiger partial charge in [-0.25, -0.2) is 19.9 Å². The smallest absolute Gasteiger partial charge is 0.204 e. The largest absolute Gasteiger partial charge is 0.353 e. The number of nitrogens with zero attached hydrogens (tertiary/aromatic N) is 4. The Bertz CT molecular complexity index is 1530. The summed E-state index contributed by atoms with van der Waals surface area (Å²) >= 11 is 6.27. The van der Waals surface area contributed by atoms with Crippen molar-refractivity contribution in [2.45, 2.75) is 25.4 Å². The maximum Gasteiger partial charge on any atom is 0.204 e. The SMILES string of the molecule is Fc1ccc(Cn2c(NC3CCN(CCNN4C=c5cccc(Cl)c5=CN4)CC3)nc3ccccc32)cc1. The molecule has 0 unspecified atom stereocenters. The second-order valence-corrected chi connectivity index (χ2v) is 10.2. The second kappa shape index (κ2) is 11.0. The normalized spacial score (nSPS) is 16.0. The molecule has 1 fully saturated rings. The molecule has 0 atom stereocenters. The molecular formula is C29H31ClFN7. The number of aromatic nitrogens is 2. The van der Waals surface area contributed by atoms with Gasteiger partial charge >= 0.3 is 0 Å². The fourth-order valence-electron chi connectivity index (χ4n) is 5.15. The highest BCUT2D eigenvalue weighted by Crippen LogP contribution is 2.24. The first-order valence-electron chi connectivity index (χ1n) is 13.1. The quantitative estimate of drug-likeness (QED) is 0.324. The lowest BCUT2D eigenvalue weighted by molar-refractivity contribution is 0.188. The summed E-state index contributed by atoms with van der Waals surface area (Å²) in [6.07, 6.45) is 6.04. The maximum absolute atomic E-state index is 13.4. The van der Waals surface area contributed by atoms with Crippen LogP contribution in [0.5, 0.6) is 0 Å². The lowest BCUT2D eigenvalue weighted by Gasteiger charge is -2.33. The van der Waals surface area contributed by atoms with Crippen molar-refractivity contribution in [1.29, 1.82) is 0 Å². The standard InChI is InChI=1S/C29H31ClFN7/c30-26-5-3-4-22-20-38(33-18-25(22)26)32-14-17-36-15-12-24(13-16-36)34-29-35-27-6-1-2-7-28(27)37(29)19-21-8-10-23(31)11-9-21/h1-11,18,20,24,32-33H,12-17,19H2,(H,34,35). The number of hydrogen-bond donors (Lipinski definition) is 3. The average molecular weight is 532 g/mol. The van der Waals surface area contributed by atoms with E-state index in [2.05, 4.69) is 37.8 Å². The van der Waals surface area contributed by atoms with E-state index >= 15 is 0 Å².